The van der Waals surface area contributed by atoms with Crippen LogP contribution in [0.15, 0.2) is 53.7 Å². The van der Waals surface area contributed by atoms with E-state index in [1.54, 1.807) is 37.3 Å². The molecule has 0 radical (unpaired) electrons. The first-order chi connectivity index (χ1) is 12.5. The van der Waals surface area contributed by atoms with Gasteiger partial charge in [-0.2, -0.15) is 0 Å². The number of aryl methyl sites for hydroxylation is 1. The average Bonchev–Trinajstić information content (AvgIpc) is 3.04. The van der Waals surface area contributed by atoms with Gasteiger partial charge in [0.15, 0.2) is 0 Å². The Morgan fingerprint density at radius 2 is 2.04 bits per heavy atom. The molecule has 0 saturated carbocycles. The molecule has 6 heteroatoms. The highest BCUT2D eigenvalue weighted by Gasteiger charge is 2.42. The number of carbonyl (C=O) groups excluding carboxylic acids is 1. The Hall–Kier alpha value is -2.76. The Kier molecular flexibility index (Phi) is 5.30. The number of nitrogens with one attached hydrogen (secondary N) is 1. The van der Waals surface area contributed by atoms with Crippen molar-refractivity contribution >= 4 is 11.6 Å². The number of hydrogen-bond acceptors (Lipinski definition) is 3. The van der Waals surface area contributed by atoms with Crippen molar-refractivity contribution in [1.82, 2.24) is 5.32 Å². The van der Waals surface area contributed by atoms with Gasteiger partial charge >= 0.3 is 0 Å². The van der Waals surface area contributed by atoms with Crippen molar-refractivity contribution in [3.8, 4) is 0 Å². The topological polar surface area (TPSA) is 50.7 Å². The summed E-state index contributed by atoms with van der Waals surface area (Å²) in [6, 6.07) is 12.6. The van der Waals surface area contributed by atoms with Crippen LogP contribution >= 0.6 is 0 Å². The molecule has 1 amide bonds. The summed E-state index contributed by atoms with van der Waals surface area (Å²) < 4.78 is 26.9. The third kappa shape index (κ3) is 4.07. The molecule has 1 aliphatic heterocycles. The summed E-state index contributed by atoms with van der Waals surface area (Å²) in [5, 5.41) is 6.75. The van der Waals surface area contributed by atoms with E-state index in [4.69, 9.17) is 4.84 Å². The summed E-state index contributed by atoms with van der Waals surface area (Å²) >= 11 is 0. The van der Waals surface area contributed by atoms with E-state index in [1.807, 2.05) is 0 Å². The quantitative estimate of drug-likeness (QED) is 0.802. The van der Waals surface area contributed by atoms with Gasteiger partial charge in [-0.3, -0.25) is 4.79 Å². The zero-order valence-electron chi connectivity index (χ0n) is 14.5. The van der Waals surface area contributed by atoms with Crippen molar-refractivity contribution in [1.29, 1.82) is 0 Å². The largest absolute Gasteiger partial charge is 0.379 e. The van der Waals surface area contributed by atoms with Crippen LogP contribution in [0.4, 0.5) is 8.78 Å². The predicted molar refractivity (Wildman–Crippen MR) is 94.8 cm³/mol. The number of benzene rings is 2. The molecule has 1 heterocycles. The minimum atomic E-state index is -1.13. The number of nitrogens with zero attached hydrogens (tertiary/aromatic N) is 1. The molecule has 0 spiro atoms. The van der Waals surface area contributed by atoms with E-state index in [2.05, 4.69) is 10.5 Å². The van der Waals surface area contributed by atoms with Crippen LogP contribution in [-0.4, -0.2) is 23.8 Å². The van der Waals surface area contributed by atoms with Gasteiger partial charge in [0, 0.05) is 18.5 Å². The lowest BCUT2D eigenvalue weighted by molar-refractivity contribution is -0.141. The highest BCUT2D eigenvalue weighted by Crippen LogP contribution is 2.27. The molecule has 0 aromatic heterocycles. The molecule has 0 saturated heterocycles. The van der Waals surface area contributed by atoms with Crippen LogP contribution in [0.3, 0.4) is 0 Å². The molecular weight excluding hydrogens is 338 g/mol. The Morgan fingerprint density at radius 3 is 2.81 bits per heavy atom. The Balaban J connectivity index is 1.50. The van der Waals surface area contributed by atoms with Gasteiger partial charge < -0.3 is 10.2 Å². The van der Waals surface area contributed by atoms with Crippen molar-refractivity contribution in [3.63, 3.8) is 0 Å². The fraction of sp³-hybridized carbons (Fsp3) is 0.300. The molecule has 0 unspecified atom stereocenters. The Bertz CT molecular complexity index is 838. The van der Waals surface area contributed by atoms with Gasteiger partial charge in [0.05, 0.1) is 5.71 Å². The van der Waals surface area contributed by atoms with Gasteiger partial charge in [0.25, 0.3) is 5.91 Å². The van der Waals surface area contributed by atoms with E-state index < -0.39 is 5.60 Å². The molecule has 1 N–H and O–H groups in total. The highest BCUT2D eigenvalue weighted by molar-refractivity contribution is 6.05. The summed E-state index contributed by atoms with van der Waals surface area (Å²) in [4.78, 5) is 17.8. The number of rotatable bonds is 6. The van der Waals surface area contributed by atoms with Gasteiger partial charge in [0.2, 0.25) is 5.60 Å². The summed E-state index contributed by atoms with van der Waals surface area (Å²) in [6.07, 6.45) is 1.41. The highest BCUT2D eigenvalue weighted by atomic mass is 19.1. The van der Waals surface area contributed by atoms with Crippen LogP contribution in [0.5, 0.6) is 0 Å². The standard InChI is InChI=1S/C20H20F2N2O2/c1-20(13-18(24-26-20)15-7-4-9-16(21)12-15)19(25)23-11-5-8-14-6-2-3-10-17(14)22/h2-4,6-7,9-10,12H,5,8,11,13H2,1H3,(H,23,25)/t20-/m1/s1. The van der Waals surface area contributed by atoms with Crippen molar-refractivity contribution in [3.05, 3.63) is 71.3 Å². The molecule has 0 bridgehead atoms. The van der Waals surface area contributed by atoms with Crippen molar-refractivity contribution in [2.45, 2.75) is 31.8 Å². The van der Waals surface area contributed by atoms with Crippen LogP contribution in [0, 0.1) is 11.6 Å². The maximum absolute atomic E-state index is 13.6. The number of oxime groups is 1. The van der Waals surface area contributed by atoms with E-state index in [9.17, 15) is 13.6 Å². The lowest BCUT2D eigenvalue weighted by Crippen LogP contribution is -2.45. The van der Waals surface area contributed by atoms with Crippen LogP contribution in [0.1, 0.15) is 30.9 Å². The van der Waals surface area contributed by atoms with Crippen molar-refractivity contribution < 1.29 is 18.4 Å². The lowest BCUT2D eigenvalue weighted by Gasteiger charge is -2.20. The zero-order valence-corrected chi connectivity index (χ0v) is 14.5. The molecule has 0 aliphatic carbocycles. The lowest BCUT2D eigenvalue weighted by atomic mass is 9.95. The summed E-state index contributed by atoms with van der Waals surface area (Å²) in [5.74, 6) is -0.893. The van der Waals surface area contributed by atoms with E-state index in [-0.39, 0.29) is 24.0 Å². The molecule has 2 aromatic carbocycles. The molecule has 136 valence electrons. The number of carbonyl (C=O) groups is 1. The molecule has 1 atom stereocenters. The SMILES string of the molecule is C[C@]1(C(=O)NCCCc2ccccc2F)CC(c2cccc(F)c2)=NO1. The summed E-state index contributed by atoms with van der Waals surface area (Å²) in [5.41, 5.74) is 0.635. The molecule has 3 rings (SSSR count). The minimum absolute atomic E-state index is 0.238. The van der Waals surface area contributed by atoms with E-state index in [0.717, 1.165) is 0 Å². The molecule has 26 heavy (non-hydrogen) atoms. The van der Waals surface area contributed by atoms with Crippen molar-refractivity contribution in [2.75, 3.05) is 6.54 Å². The third-order valence-electron chi connectivity index (χ3n) is 4.37. The van der Waals surface area contributed by atoms with Crippen LogP contribution in [0.25, 0.3) is 0 Å². The first kappa shape index (κ1) is 18.0. The maximum Gasteiger partial charge on any atom is 0.267 e. The number of hydrogen-bond donors (Lipinski definition) is 1. The Morgan fingerprint density at radius 1 is 1.23 bits per heavy atom. The van der Waals surface area contributed by atoms with E-state index in [1.165, 1.54) is 18.2 Å². The normalized spacial score (nSPS) is 19.0. The minimum Gasteiger partial charge on any atom is -0.379 e. The van der Waals surface area contributed by atoms with Gasteiger partial charge in [-0.05, 0) is 43.5 Å². The first-order valence-electron chi connectivity index (χ1n) is 8.51. The van der Waals surface area contributed by atoms with Crippen LogP contribution in [-0.2, 0) is 16.1 Å². The van der Waals surface area contributed by atoms with Gasteiger partial charge in [0.1, 0.15) is 11.6 Å². The van der Waals surface area contributed by atoms with Crippen molar-refractivity contribution in [2.24, 2.45) is 5.16 Å². The second kappa shape index (κ2) is 7.64. The fourth-order valence-corrected chi connectivity index (χ4v) is 2.85. The van der Waals surface area contributed by atoms with Crippen LogP contribution < -0.4 is 5.32 Å². The summed E-state index contributed by atoms with van der Waals surface area (Å²) in [7, 11) is 0. The van der Waals surface area contributed by atoms with Crippen LogP contribution in [0.2, 0.25) is 0 Å². The monoisotopic (exact) mass is 358 g/mol. The first-order valence-corrected chi connectivity index (χ1v) is 8.51. The van der Waals surface area contributed by atoms with E-state index >= 15 is 0 Å². The maximum atomic E-state index is 13.6. The Labute approximate surface area is 150 Å². The third-order valence-corrected chi connectivity index (χ3v) is 4.37. The number of amides is 1. The smallest absolute Gasteiger partial charge is 0.267 e. The molecule has 1 aliphatic rings. The molecule has 2 aromatic rings. The fourth-order valence-electron chi connectivity index (χ4n) is 2.85. The second-order valence-corrected chi connectivity index (χ2v) is 6.50. The predicted octanol–water partition coefficient (Wildman–Crippen LogP) is 3.60. The second-order valence-electron chi connectivity index (χ2n) is 6.50. The summed E-state index contributed by atoms with van der Waals surface area (Å²) in [6.45, 7) is 2.05. The van der Waals surface area contributed by atoms with Gasteiger partial charge in [-0.1, -0.05) is 35.5 Å². The van der Waals surface area contributed by atoms with Gasteiger partial charge in [-0.25, -0.2) is 8.78 Å². The molecule has 4 nitrogen and oxygen atoms in total. The molecular formula is C20H20F2N2O2. The zero-order chi connectivity index (χ0) is 18.6. The number of halogens is 2. The average molecular weight is 358 g/mol. The van der Waals surface area contributed by atoms with Gasteiger partial charge in [-0.15, -0.1) is 0 Å². The molecule has 0 fully saturated rings. The van der Waals surface area contributed by atoms with E-state index in [0.29, 0.717) is 36.2 Å².